The van der Waals surface area contributed by atoms with Gasteiger partial charge in [0.2, 0.25) is 0 Å². The molecule has 128 valence electrons. The third-order valence-electron chi connectivity index (χ3n) is 3.40. The van der Waals surface area contributed by atoms with Crippen LogP contribution in [0.1, 0.15) is 0 Å². The Hall–Kier alpha value is -3.12. The monoisotopic (exact) mass is 336 g/mol. The Balaban J connectivity index is 1.74. The Morgan fingerprint density at radius 3 is 2.52 bits per heavy atom. The van der Waals surface area contributed by atoms with E-state index in [2.05, 4.69) is 20.6 Å². The SMILES string of the molecule is COCCNc1cc(Nc2ccccc2Oc2ccccc2)ncn1. The topological polar surface area (TPSA) is 68.3 Å². The molecule has 6 nitrogen and oxygen atoms in total. The van der Waals surface area contributed by atoms with Gasteiger partial charge in [0.1, 0.15) is 23.7 Å². The number of hydrogen-bond acceptors (Lipinski definition) is 6. The van der Waals surface area contributed by atoms with Crippen molar-refractivity contribution in [3.63, 3.8) is 0 Å². The number of methoxy groups -OCH3 is 1. The second-order valence-electron chi connectivity index (χ2n) is 5.24. The summed E-state index contributed by atoms with van der Waals surface area (Å²) in [6.45, 7) is 1.29. The van der Waals surface area contributed by atoms with Crippen LogP contribution < -0.4 is 15.4 Å². The van der Waals surface area contributed by atoms with Crippen LogP contribution in [0.4, 0.5) is 17.3 Å². The fourth-order valence-electron chi connectivity index (χ4n) is 2.22. The van der Waals surface area contributed by atoms with Gasteiger partial charge in [0.25, 0.3) is 0 Å². The highest BCUT2D eigenvalue weighted by molar-refractivity contribution is 5.66. The summed E-state index contributed by atoms with van der Waals surface area (Å²) in [6, 6.07) is 19.2. The minimum atomic E-state index is 0.612. The average molecular weight is 336 g/mol. The first-order valence-electron chi connectivity index (χ1n) is 7.99. The Kier molecular flexibility index (Phi) is 5.79. The number of benzene rings is 2. The maximum absolute atomic E-state index is 5.95. The van der Waals surface area contributed by atoms with Crippen molar-refractivity contribution in [2.24, 2.45) is 0 Å². The molecule has 0 bridgehead atoms. The molecule has 25 heavy (non-hydrogen) atoms. The lowest BCUT2D eigenvalue weighted by atomic mass is 10.3. The van der Waals surface area contributed by atoms with Crippen LogP contribution in [-0.2, 0) is 4.74 Å². The summed E-state index contributed by atoms with van der Waals surface area (Å²) in [5.74, 6) is 2.91. The molecule has 0 spiro atoms. The summed E-state index contributed by atoms with van der Waals surface area (Å²) in [4.78, 5) is 8.46. The maximum Gasteiger partial charge on any atom is 0.150 e. The van der Waals surface area contributed by atoms with Gasteiger partial charge in [0.15, 0.2) is 5.75 Å². The average Bonchev–Trinajstić information content (AvgIpc) is 2.65. The summed E-state index contributed by atoms with van der Waals surface area (Å²) < 4.78 is 11.0. The van der Waals surface area contributed by atoms with Gasteiger partial charge in [-0.3, -0.25) is 0 Å². The van der Waals surface area contributed by atoms with Gasteiger partial charge in [0.05, 0.1) is 12.3 Å². The van der Waals surface area contributed by atoms with E-state index in [-0.39, 0.29) is 0 Å². The minimum absolute atomic E-state index is 0.612. The fraction of sp³-hybridized carbons (Fsp3) is 0.158. The molecule has 0 atom stereocenters. The Bertz CT molecular complexity index is 796. The van der Waals surface area contributed by atoms with Crippen LogP contribution in [0.5, 0.6) is 11.5 Å². The van der Waals surface area contributed by atoms with Crippen LogP contribution in [0, 0.1) is 0 Å². The maximum atomic E-state index is 5.95. The van der Waals surface area contributed by atoms with Crippen LogP contribution in [0.25, 0.3) is 0 Å². The van der Waals surface area contributed by atoms with Gasteiger partial charge in [-0.15, -0.1) is 0 Å². The van der Waals surface area contributed by atoms with Gasteiger partial charge in [-0.2, -0.15) is 0 Å². The van der Waals surface area contributed by atoms with Gasteiger partial charge in [-0.25, -0.2) is 9.97 Å². The molecule has 0 fully saturated rings. The van der Waals surface area contributed by atoms with Gasteiger partial charge in [0, 0.05) is 19.7 Å². The largest absolute Gasteiger partial charge is 0.455 e. The molecule has 1 aromatic heterocycles. The molecule has 0 aliphatic heterocycles. The lowest BCUT2D eigenvalue weighted by Gasteiger charge is -2.13. The molecule has 0 radical (unpaired) electrons. The summed E-state index contributed by atoms with van der Waals surface area (Å²) in [6.07, 6.45) is 1.51. The highest BCUT2D eigenvalue weighted by Crippen LogP contribution is 2.31. The minimum Gasteiger partial charge on any atom is -0.455 e. The van der Waals surface area contributed by atoms with E-state index in [1.807, 2.05) is 60.7 Å². The molecule has 0 aliphatic rings. The van der Waals surface area contributed by atoms with E-state index >= 15 is 0 Å². The van der Waals surface area contributed by atoms with E-state index in [4.69, 9.17) is 9.47 Å². The molecular formula is C19H20N4O2. The molecule has 2 aromatic carbocycles. The van der Waals surface area contributed by atoms with E-state index in [0.29, 0.717) is 19.0 Å². The van der Waals surface area contributed by atoms with Gasteiger partial charge < -0.3 is 20.1 Å². The number of ether oxygens (including phenoxy) is 2. The van der Waals surface area contributed by atoms with Crippen molar-refractivity contribution < 1.29 is 9.47 Å². The number of hydrogen-bond donors (Lipinski definition) is 2. The van der Waals surface area contributed by atoms with E-state index in [0.717, 1.165) is 23.0 Å². The molecule has 1 heterocycles. The molecule has 6 heteroatoms. The third-order valence-corrected chi connectivity index (χ3v) is 3.40. The predicted octanol–water partition coefficient (Wildman–Crippen LogP) is 4.07. The molecule has 3 rings (SSSR count). The molecule has 2 N–H and O–H groups in total. The van der Waals surface area contributed by atoms with E-state index in [1.54, 1.807) is 7.11 Å². The normalized spacial score (nSPS) is 10.3. The Labute approximate surface area is 146 Å². The summed E-state index contributed by atoms with van der Waals surface area (Å²) in [5, 5.41) is 6.46. The molecule has 0 aliphatic carbocycles. The van der Waals surface area contributed by atoms with Crippen molar-refractivity contribution in [1.29, 1.82) is 0 Å². The van der Waals surface area contributed by atoms with Crippen LogP contribution >= 0.6 is 0 Å². The van der Waals surface area contributed by atoms with Crippen molar-refractivity contribution in [2.75, 3.05) is 30.9 Å². The van der Waals surface area contributed by atoms with Gasteiger partial charge >= 0.3 is 0 Å². The zero-order valence-electron chi connectivity index (χ0n) is 14.0. The first-order valence-corrected chi connectivity index (χ1v) is 7.99. The first-order chi connectivity index (χ1) is 12.3. The fourth-order valence-corrected chi connectivity index (χ4v) is 2.22. The van der Waals surface area contributed by atoms with Crippen molar-refractivity contribution in [1.82, 2.24) is 9.97 Å². The van der Waals surface area contributed by atoms with Crippen molar-refractivity contribution in [3.05, 3.63) is 67.0 Å². The molecule has 0 amide bonds. The number of anilines is 3. The number of nitrogens with one attached hydrogen (secondary N) is 2. The smallest absolute Gasteiger partial charge is 0.150 e. The highest BCUT2D eigenvalue weighted by atomic mass is 16.5. The standard InChI is InChI=1S/C19H20N4O2/c1-24-12-11-20-18-13-19(22-14-21-18)23-16-9-5-6-10-17(16)25-15-7-3-2-4-8-15/h2-10,13-14H,11-12H2,1H3,(H2,20,21,22,23). The first kappa shape index (κ1) is 16.7. The van der Waals surface area contributed by atoms with Crippen LogP contribution in [0.2, 0.25) is 0 Å². The molecule has 0 saturated heterocycles. The zero-order valence-corrected chi connectivity index (χ0v) is 14.0. The second-order valence-corrected chi connectivity index (χ2v) is 5.24. The number of rotatable bonds is 8. The van der Waals surface area contributed by atoms with Gasteiger partial charge in [-0.05, 0) is 24.3 Å². The molecule has 0 unspecified atom stereocenters. The summed E-state index contributed by atoms with van der Waals surface area (Å²) >= 11 is 0. The lowest BCUT2D eigenvalue weighted by molar-refractivity contribution is 0.210. The Morgan fingerprint density at radius 1 is 0.920 bits per heavy atom. The summed E-state index contributed by atoms with van der Waals surface area (Å²) in [7, 11) is 1.66. The number of para-hydroxylation sites is 3. The van der Waals surface area contributed by atoms with Crippen molar-refractivity contribution >= 4 is 17.3 Å². The zero-order chi connectivity index (χ0) is 17.3. The van der Waals surface area contributed by atoms with E-state index in [1.165, 1.54) is 6.33 Å². The third kappa shape index (κ3) is 4.92. The van der Waals surface area contributed by atoms with Crippen molar-refractivity contribution in [3.8, 4) is 11.5 Å². The van der Waals surface area contributed by atoms with Gasteiger partial charge in [-0.1, -0.05) is 30.3 Å². The molecule has 3 aromatic rings. The van der Waals surface area contributed by atoms with E-state index in [9.17, 15) is 0 Å². The summed E-state index contributed by atoms with van der Waals surface area (Å²) in [5.41, 5.74) is 0.827. The molecular weight excluding hydrogens is 316 g/mol. The second kappa shape index (κ2) is 8.65. The predicted molar refractivity (Wildman–Crippen MR) is 98.6 cm³/mol. The number of aromatic nitrogens is 2. The number of nitrogens with zero attached hydrogens (tertiary/aromatic N) is 2. The highest BCUT2D eigenvalue weighted by Gasteiger charge is 2.06. The van der Waals surface area contributed by atoms with E-state index < -0.39 is 0 Å². The quantitative estimate of drug-likeness (QED) is 0.604. The lowest BCUT2D eigenvalue weighted by Crippen LogP contribution is -2.09. The van der Waals surface area contributed by atoms with Crippen LogP contribution in [-0.4, -0.2) is 30.2 Å². The van der Waals surface area contributed by atoms with Crippen LogP contribution in [0.3, 0.4) is 0 Å². The van der Waals surface area contributed by atoms with Crippen LogP contribution in [0.15, 0.2) is 67.0 Å². The molecule has 0 saturated carbocycles. The Morgan fingerprint density at radius 2 is 1.68 bits per heavy atom. The van der Waals surface area contributed by atoms with Crippen molar-refractivity contribution in [2.45, 2.75) is 0 Å².